The molecule has 1 aromatic heterocycles. The van der Waals surface area contributed by atoms with Gasteiger partial charge in [0.15, 0.2) is 0 Å². The lowest BCUT2D eigenvalue weighted by molar-refractivity contribution is -0.106. The number of hydrogen-bond acceptors (Lipinski definition) is 4. The first-order valence-electron chi connectivity index (χ1n) is 3.73. The van der Waals surface area contributed by atoms with Crippen LogP contribution in [0.15, 0.2) is 17.1 Å². The van der Waals surface area contributed by atoms with Gasteiger partial charge in [-0.3, -0.25) is 10.2 Å². The van der Waals surface area contributed by atoms with E-state index in [0.717, 1.165) is 4.88 Å². The van der Waals surface area contributed by atoms with E-state index in [2.05, 4.69) is 4.99 Å². The van der Waals surface area contributed by atoms with E-state index in [9.17, 15) is 4.79 Å². The molecule has 14 heavy (non-hydrogen) atoms. The summed E-state index contributed by atoms with van der Waals surface area (Å²) in [6, 6.07) is 3.29. The number of thiophene rings is 1. The van der Waals surface area contributed by atoms with Crippen molar-refractivity contribution < 1.29 is 9.53 Å². The highest BCUT2D eigenvalue weighted by Crippen LogP contribution is 2.15. The third kappa shape index (κ3) is 2.67. The smallest absolute Gasteiger partial charge is 0.296 e. The standard InChI is InChI=1S/C8H9N3O2S/c1-5-2-3-6(14-5)7(9)13-8(10)11-4-12/h2-4,9H,1H3,(H2,10,11,12). The van der Waals surface area contributed by atoms with Gasteiger partial charge in [-0.1, -0.05) is 0 Å². The molecule has 6 heteroatoms. The number of carbonyl (C=O) groups is 1. The molecule has 0 radical (unpaired) electrons. The van der Waals surface area contributed by atoms with E-state index < -0.39 is 0 Å². The van der Waals surface area contributed by atoms with Gasteiger partial charge in [-0.15, -0.1) is 11.3 Å². The molecule has 0 spiro atoms. The van der Waals surface area contributed by atoms with Crippen LogP contribution in [0.4, 0.5) is 0 Å². The molecule has 1 rings (SSSR count). The summed E-state index contributed by atoms with van der Waals surface area (Å²) in [7, 11) is 0. The highest BCUT2D eigenvalue weighted by atomic mass is 32.1. The zero-order valence-electron chi connectivity index (χ0n) is 7.48. The maximum atomic E-state index is 9.92. The third-order valence-electron chi connectivity index (χ3n) is 1.35. The van der Waals surface area contributed by atoms with Crippen LogP contribution in [0, 0.1) is 12.3 Å². The number of amidine groups is 1. The molecular formula is C8H9N3O2S. The molecule has 1 heterocycles. The molecule has 0 bridgehead atoms. The molecule has 3 N–H and O–H groups in total. The molecule has 1 amide bonds. The second kappa shape index (κ2) is 4.52. The Kier molecular flexibility index (Phi) is 3.35. The lowest BCUT2D eigenvalue weighted by Gasteiger charge is -2.01. The zero-order valence-corrected chi connectivity index (χ0v) is 8.30. The van der Waals surface area contributed by atoms with Gasteiger partial charge in [0.05, 0.1) is 4.88 Å². The molecule has 0 aliphatic heterocycles. The summed E-state index contributed by atoms with van der Waals surface area (Å²) in [5, 5.41) is 7.46. The predicted octanol–water partition coefficient (Wildman–Crippen LogP) is 0.870. The number of hydrogen-bond donors (Lipinski definition) is 2. The van der Waals surface area contributed by atoms with Crippen LogP contribution in [0.5, 0.6) is 0 Å². The Hall–Kier alpha value is -1.69. The first-order chi connectivity index (χ1) is 6.63. The van der Waals surface area contributed by atoms with Gasteiger partial charge in [-0.2, -0.15) is 4.99 Å². The maximum absolute atomic E-state index is 9.92. The first kappa shape index (κ1) is 10.4. The van der Waals surface area contributed by atoms with Gasteiger partial charge in [0.1, 0.15) is 0 Å². The van der Waals surface area contributed by atoms with Gasteiger partial charge in [0.2, 0.25) is 12.3 Å². The highest BCUT2D eigenvalue weighted by molar-refractivity contribution is 7.13. The molecule has 0 aliphatic rings. The van der Waals surface area contributed by atoms with Gasteiger partial charge < -0.3 is 10.5 Å². The summed E-state index contributed by atoms with van der Waals surface area (Å²) < 4.78 is 4.78. The quantitative estimate of drug-likeness (QED) is 0.432. The summed E-state index contributed by atoms with van der Waals surface area (Å²) >= 11 is 1.41. The van der Waals surface area contributed by atoms with E-state index in [1.807, 2.05) is 13.0 Å². The van der Waals surface area contributed by atoms with Gasteiger partial charge in [0.25, 0.3) is 6.02 Å². The van der Waals surface area contributed by atoms with Crippen molar-refractivity contribution in [2.75, 3.05) is 0 Å². The maximum Gasteiger partial charge on any atom is 0.296 e. The summed E-state index contributed by atoms with van der Waals surface area (Å²) in [4.78, 5) is 14.8. The first-order valence-corrected chi connectivity index (χ1v) is 4.55. The van der Waals surface area contributed by atoms with Crippen LogP contribution in [-0.4, -0.2) is 18.3 Å². The van der Waals surface area contributed by atoms with Crippen LogP contribution in [-0.2, 0) is 9.53 Å². The Morgan fingerprint density at radius 3 is 2.93 bits per heavy atom. The molecule has 5 nitrogen and oxygen atoms in total. The molecule has 0 saturated carbocycles. The molecule has 0 fully saturated rings. The van der Waals surface area contributed by atoms with Crippen LogP contribution in [0.1, 0.15) is 9.75 Å². The molecular weight excluding hydrogens is 202 g/mol. The average Bonchev–Trinajstić information content (AvgIpc) is 2.52. The Labute approximate surface area is 84.7 Å². The van der Waals surface area contributed by atoms with E-state index in [1.54, 1.807) is 6.07 Å². The molecule has 1 aromatic rings. The molecule has 0 atom stereocenters. The van der Waals surface area contributed by atoms with Crippen molar-refractivity contribution in [1.29, 1.82) is 5.41 Å². The van der Waals surface area contributed by atoms with E-state index >= 15 is 0 Å². The van der Waals surface area contributed by atoms with Crippen LogP contribution in [0.25, 0.3) is 0 Å². The third-order valence-corrected chi connectivity index (χ3v) is 2.35. The monoisotopic (exact) mass is 211 g/mol. The minimum Gasteiger partial charge on any atom is -0.406 e. The fraction of sp³-hybridized carbons (Fsp3) is 0.125. The van der Waals surface area contributed by atoms with Gasteiger partial charge in [-0.05, 0) is 19.1 Å². The number of nitrogens with zero attached hydrogens (tertiary/aromatic N) is 1. The highest BCUT2D eigenvalue weighted by Gasteiger charge is 2.06. The number of amides is 1. The summed E-state index contributed by atoms with van der Waals surface area (Å²) in [6.07, 6.45) is 0.266. The largest absolute Gasteiger partial charge is 0.406 e. The van der Waals surface area contributed by atoms with Crippen LogP contribution < -0.4 is 5.73 Å². The number of rotatable bonds is 2. The summed E-state index contributed by atoms with van der Waals surface area (Å²) in [5.41, 5.74) is 5.19. The van der Waals surface area contributed by atoms with E-state index in [0.29, 0.717) is 4.88 Å². The topological polar surface area (TPSA) is 88.5 Å². The number of ether oxygens (including phenoxy) is 1. The number of aliphatic imine (C=N–C) groups is 1. The van der Waals surface area contributed by atoms with Gasteiger partial charge >= 0.3 is 0 Å². The minimum absolute atomic E-state index is 0.105. The fourth-order valence-corrected chi connectivity index (χ4v) is 1.54. The Morgan fingerprint density at radius 2 is 2.43 bits per heavy atom. The van der Waals surface area contributed by atoms with Crippen molar-refractivity contribution in [1.82, 2.24) is 0 Å². The summed E-state index contributed by atoms with van der Waals surface area (Å²) in [6.45, 7) is 1.92. The lowest BCUT2D eigenvalue weighted by Crippen LogP contribution is -2.20. The summed E-state index contributed by atoms with van der Waals surface area (Å²) in [5.74, 6) is -0.105. The number of nitrogens with two attached hydrogens (primary N) is 1. The fourth-order valence-electron chi connectivity index (χ4n) is 0.790. The Balaban J connectivity index is 2.68. The molecule has 0 saturated heterocycles. The SMILES string of the molecule is Cc1ccc(C(=N)OC(N)=NC=O)s1. The molecule has 74 valence electrons. The second-order valence-electron chi connectivity index (χ2n) is 2.41. The van der Waals surface area contributed by atoms with E-state index in [-0.39, 0.29) is 18.3 Å². The number of aryl methyl sites for hydroxylation is 1. The average molecular weight is 211 g/mol. The van der Waals surface area contributed by atoms with Crippen molar-refractivity contribution in [3.63, 3.8) is 0 Å². The molecule has 0 aromatic carbocycles. The second-order valence-corrected chi connectivity index (χ2v) is 3.70. The van der Waals surface area contributed by atoms with Crippen molar-refractivity contribution >= 4 is 29.7 Å². The number of nitrogens with one attached hydrogen (secondary N) is 1. The lowest BCUT2D eigenvalue weighted by atomic mass is 10.4. The Bertz CT molecular complexity index is 384. The number of carbonyl (C=O) groups excluding carboxylic acids is 1. The normalized spacial score (nSPS) is 11.1. The van der Waals surface area contributed by atoms with Crippen molar-refractivity contribution in [3.8, 4) is 0 Å². The van der Waals surface area contributed by atoms with E-state index in [1.165, 1.54) is 11.3 Å². The van der Waals surface area contributed by atoms with Crippen LogP contribution >= 0.6 is 11.3 Å². The molecule has 0 aliphatic carbocycles. The van der Waals surface area contributed by atoms with Crippen LogP contribution in [0.2, 0.25) is 0 Å². The van der Waals surface area contributed by atoms with Crippen molar-refractivity contribution in [2.45, 2.75) is 6.92 Å². The van der Waals surface area contributed by atoms with Crippen molar-refractivity contribution in [3.05, 3.63) is 21.9 Å². The Morgan fingerprint density at radius 1 is 1.71 bits per heavy atom. The van der Waals surface area contributed by atoms with E-state index in [4.69, 9.17) is 15.9 Å². The van der Waals surface area contributed by atoms with Crippen LogP contribution in [0.3, 0.4) is 0 Å². The zero-order chi connectivity index (χ0) is 10.6. The van der Waals surface area contributed by atoms with Crippen molar-refractivity contribution in [2.24, 2.45) is 10.7 Å². The minimum atomic E-state index is -0.323. The molecule has 0 unspecified atom stereocenters. The predicted molar refractivity (Wildman–Crippen MR) is 54.7 cm³/mol. The van der Waals surface area contributed by atoms with Gasteiger partial charge in [-0.25, -0.2) is 0 Å². The van der Waals surface area contributed by atoms with Gasteiger partial charge in [0, 0.05) is 4.88 Å².